The number of carbonyl (C=O) groups excluding carboxylic acids is 2. The van der Waals surface area contributed by atoms with Crippen LogP contribution in [-0.4, -0.2) is 38.8 Å². The number of rotatable bonds is 11. The zero-order valence-electron chi connectivity index (χ0n) is 13.7. The molecule has 0 saturated heterocycles. The van der Waals surface area contributed by atoms with Crippen LogP contribution in [0.4, 0.5) is 4.79 Å². The van der Waals surface area contributed by atoms with Crippen molar-refractivity contribution in [2.24, 2.45) is 0 Å². The van der Waals surface area contributed by atoms with Gasteiger partial charge in [0.1, 0.15) is 13.2 Å². The maximum atomic E-state index is 11.5. The van der Waals surface area contributed by atoms with Crippen LogP contribution in [0, 0.1) is 0 Å². The van der Waals surface area contributed by atoms with Crippen molar-refractivity contribution in [2.75, 3.05) is 26.8 Å². The molecule has 128 valence electrons. The molecule has 1 aromatic carbocycles. The largest absolute Gasteiger partial charge is 0.445 e. The van der Waals surface area contributed by atoms with Crippen molar-refractivity contribution in [1.29, 1.82) is 0 Å². The summed E-state index contributed by atoms with van der Waals surface area (Å²) in [5, 5.41) is 5.50. The van der Waals surface area contributed by atoms with Crippen LogP contribution in [0.25, 0.3) is 0 Å². The van der Waals surface area contributed by atoms with Crippen molar-refractivity contribution in [3.8, 4) is 0 Å². The van der Waals surface area contributed by atoms with Gasteiger partial charge in [-0.05, 0) is 18.4 Å². The lowest BCUT2D eigenvalue weighted by Gasteiger charge is -2.07. The summed E-state index contributed by atoms with van der Waals surface area (Å²) in [6.07, 6.45) is 3.44. The second-order valence-electron chi connectivity index (χ2n) is 5.19. The van der Waals surface area contributed by atoms with Crippen molar-refractivity contribution in [3.63, 3.8) is 0 Å². The lowest BCUT2D eigenvalue weighted by molar-refractivity contribution is -0.124. The molecule has 0 spiro atoms. The van der Waals surface area contributed by atoms with Gasteiger partial charge in [-0.1, -0.05) is 43.2 Å². The molecule has 0 heterocycles. The van der Waals surface area contributed by atoms with Gasteiger partial charge in [0.25, 0.3) is 0 Å². The Morgan fingerprint density at radius 2 is 1.61 bits per heavy atom. The molecule has 0 aliphatic carbocycles. The van der Waals surface area contributed by atoms with Gasteiger partial charge in [-0.3, -0.25) is 4.79 Å². The Hall–Kier alpha value is -2.08. The van der Waals surface area contributed by atoms with Gasteiger partial charge in [0.05, 0.1) is 0 Å². The summed E-state index contributed by atoms with van der Waals surface area (Å²) in [5.74, 6) is -0.0877. The molecule has 0 bridgehead atoms. The Morgan fingerprint density at radius 3 is 2.26 bits per heavy atom. The van der Waals surface area contributed by atoms with Crippen molar-refractivity contribution in [2.45, 2.75) is 32.3 Å². The first-order valence-electron chi connectivity index (χ1n) is 7.92. The summed E-state index contributed by atoms with van der Waals surface area (Å²) in [5.41, 5.74) is 0.971. The number of ether oxygens (including phenoxy) is 2. The van der Waals surface area contributed by atoms with Crippen molar-refractivity contribution in [3.05, 3.63) is 35.9 Å². The van der Waals surface area contributed by atoms with Crippen molar-refractivity contribution < 1.29 is 19.1 Å². The molecule has 0 atom stereocenters. The van der Waals surface area contributed by atoms with E-state index in [4.69, 9.17) is 9.47 Å². The number of methoxy groups -OCH3 is 1. The van der Waals surface area contributed by atoms with Gasteiger partial charge in [-0.25, -0.2) is 4.79 Å². The minimum atomic E-state index is -0.388. The Balaban J connectivity index is 1.90. The summed E-state index contributed by atoms with van der Waals surface area (Å²) in [7, 11) is 1.50. The molecule has 0 saturated carbocycles. The number of hydrogen-bond donors (Lipinski definition) is 2. The van der Waals surface area contributed by atoms with Crippen LogP contribution in [0.15, 0.2) is 30.3 Å². The Kier molecular flexibility index (Phi) is 10.3. The molecule has 0 aliphatic heterocycles. The quantitative estimate of drug-likeness (QED) is 0.613. The van der Waals surface area contributed by atoms with E-state index in [1.54, 1.807) is 0 Å². The van der Waals surface area contributed by atoms with E-state index >= 15 is 0 Å². The first-order valence-corrected chi connectivity index (χ1v) is 7.92. The first kappa shape index (κ1) is 19.0. The number of benzene rings is 1. The Morgan fingerprint density at radius 1 is 0.957 bits per heavy atom. The fourth-order valence-corrected chi connectivity index (χ4v) is 1.98. The average Bonchev–Trinajstić information content (AvgIpc) is 2.56. The van der Waals surface area contributed by atoms with Gasteiger partial charge >= 0.3 is 6.09 Å². The minimum Gasteiger partial charge on any atom is -0.445 e. The molecule has 2 N–H and O–H groups in total. The SMILES string of the molecule is COCC(=O)NCCCCCCNC(=O)OCc1ccccc1. The van der Waals surface area contributed by atoms with Crippen molar-refractivity contribution >= 4 is 12.0 Å². The molecule has 2 amide bonds. The van der Waals surface area contributed by atoms with Gasteiger partial charge in [0, 0.05) is 20.2 Å². The normalized spacial score (nSPS) is 10.1. The zero-order chi connectivity index (χ0) is 16.8. The van der Waals surface area contributed by atoms with E-state index in [0.29, 0.717) is 13.1 Å². The summed E-state index contributed by atoms with van der Waals surface area (Å²) in [6, 6.07) is 9.58. The van der Waals surface area contributed by atoms with Gasteiger partial charge in [0.2, 0.25) is 5.91 Å². The van der Waals surface area contributed by atoms with Crippen molar-refractivity contribution in [1.82, 2.24) is 10.6 Å². The van der Waals surface area contributed by atoms with Crippen LogP contribution < -0.4 is 10.6 Å². The maximum absolute atomic E-state index is 11.5. The number of amides is 2. The number of unbranched alkanes of at least 4 members (excludes halogenated alkanes) is 3. The van der Waals surface area contributed by atoms with E-state index in [9.17, 15) is 9.59 Å². The Labute approximate surface area is 137 Å². The average molecular weight is 322 g/mol. The van der Waals surface area contributed by atoms with Crippen LogP contribution in [-0.2, 0) is 20.9 Å². The van der Waals surface area contributed by atoms with Gasteiger partial charge < -0.3 is 20.1 Å². The molecule has 1 aromatic rings. The highest BCUT2D eigenvalue weighted by molar-refractivity contribution is 5.77. The standard InChI is InChI=1S/C17H26N2O4/c1-22-14-16(20)18-11-7-2-3-8-12-19-17(21)23-13-15-9-5-4-6-10-15/h4-6,9-10H,2-3,7-8,11-14H2,1H3,(H,18,20)(H,19,21). The molecule has 0 aliphatic rings. The highest BCUT2D eigenvalue weighted by Crippen LogP contribution is 2.01. The summed E-state index contributed by atoms with van der Waals surface area (Å²) >= 11 is 0. The lowest BCUT2D eigenvalue weighted by Crippen LogP contribution is -2.28. The van der Waals surface area contributed by atoms with E-state index in [1.165, 1.54) is 7.11 Å². The molecule has 0 fully saturated rings. The van der Waals surface area contributed by atoms with Crippen LogP contribution in [0.1, 0.15) is 31.2 Å². The van der Waals surface area contributed by atoms with Gasteiger partial charge in [0.15, 0.2) is 0 Å². The smallest absolute Gasteiger partial charge is 0.407 e. The Bertz CT molecular complexity index is 451. The second-order valence-corrected chi connectivity index (χ2v) is 5.19. The molecule has 6 heteroatoms. The summed E-state index contributed by atoms with van der Waals surface area (Å²) in [6.45, 7) is 1.65. The van der Waals surface area contributed by atoms with E-state index in [-0.39, 0.29) is 25.2 Å². The second kappa shape index (κ2) is 12.5. The number of carbonyl (C=O) groups is 2. The third-order valence-electron chi connectivity index (χ3n) is 3.18. The molecule has 0 aromatic heterocycles. The number of nitrogens with one attached hydrogen (secondary N) is 2. The van der Waals surface area contributed by atoms with Crippen LogP contribution >= 0.6 is 0 Å². The minimum absolute atomic E-state index is 0.0877. The highest BCUT2D eigenvalue weighted by atomic mass is 16.5. The van der Waals surface area contributed by atoms with Crippen LogP contribution in [0.3, 0.4) is 0 Å². The van der Waals surface area contributed by atoms with Crippen LogP contribution in [0.5, 0.6) is 0 Å². The van der Waals surface area contributed by atoms with Gasteiger partial charge in [-0.2, -0.15) is 0 Å². The van der Waals surface area contributed by atoms with E-state index in [2.05, 4.69) is 10.6 Å². The van der Waals surface area contributed by atoms with E-state index in [0.717, 1.165) is 31.2 Å². The topological polar surface area (TPSA) is 76.7 Å². The molecule has 0 unspecified atom stereocenters. The molecule has 0 radical (unpaired) electrons. The monoisotopic (exact) mass is 322 g/mol. The third-order valence-corrected chi connectivity index (χ3v) is 3.18. The van der Waals surface area contributed by atoms with Crippen LogP contribution in [0.2, 0.25) is 0 Å². The fourth-order valence-electron chi connectivity index (χ4n) is 1.98. The molecular weight excluding hydrogens is 296 g/mol. The first-order chi connectivity index (χ1) is 11.2. The maximum Gasteiger partial charge on any atom is 0.407 e. The van der Waals surface area contributed by atoms with E-state index in [1.807, 2.05) is 30.3 Å². The molecule has 6 nitrogen and oxygen atoms in total. The molecule has 23 heavy (non-hydrogen) atoms. The lowest BCUT2D eigenvalue weighted by atomic mass is 10.2. The van der Waals surface area contributed by atoms with E-state index < -0.39 is 0 Å². The number of hydrogen-bond acceptors (Lipinski definition) is 4. The summed E-state index contributed by atoms with van der Waals surface area (Å²) < 4.78 is 9.83. The third kappa shape index (κ3) is 10.3. The fraction of sp³-hybridized carbons (Fsp3) is 0.529. The molecular formula is C17H26N2O4. The zero-order valence-corrected chi connectivity index (χ0v) is 13.7. The van der Waals surface area contributed by atoms with Gasteiger partial charge in [-0.15, -0.1) is 0 Å². The predicted octanol–water partition coefficient (Wildman–Crippen LogP) is 2.24. The highest BCUT2D eigenvalue weighted by Gasteiger charge is 2.02. The number of alkyl carbamates (subject to hydrolysis) is 1. The molecule has 1 rings (SSSR count). The summed E-state index contributed by atoms with van der Waals surface area (Å²) in [4.78, 5) is 22.6. The predicted molar refractivity (Wildman–Crippen MR) is 88.0 cm³/mol.